The van der Waals surface area contributed by atoms with Gasteiger partial charge < -0.3 is 20.1 Å². The quantitative estimate of drug-likeness (QED) is 0.215. The minimum absolute atomic E-state index is 0.123. The molecule has 1 aliphatic carbocycles. The Kier molecular flexibility index (Phi) is 11.5. The monoisotopic (exact) mass is 498 g/mol. The Balaban J connectivity index is 1.80. The predicted octanol–water partition coefficient (Wildman–Crippen LogP) is 4.98. The van der Waals surface area contributed by atoms with Gasteiger partial charge in [-0.05, 0) is 69.6 Å². The highest BCUT2D eigenvalue weighted by atomic mass is 19.4. The number of unbranched alkanes of at least 4 members (excludes halogenated alkanes) is 1. The summed E-state index contributed by atoms with van der Waals surface area (Å²) in [6.07, 6.45) is 3.84. The van der Waals surface area contributed by atoms with E-state index in [1.54, 1.807) is 12.2 Å². The number of esters is 1. The summed E-state index contributed by atoms with van der Waals surface area (Å²) in [5.41, 5.74) is -0.00791. The molecular weight excluding hydrogens is 461 g/mol. The van der Waals surface area contributed by atoms with Crippen LogP contribution in [0.15, 0.2) is 48.6 Å². The summed E-state index contributed by atoms with van der Waals surface area (Å²) in [7, 11) is 0. The number of hydrogen-bond acceptors (Lipinski definition) is 5. The number of aliphatic hydroxyl groups excluding tert-OH is 3. The topological polar surface area (TPSA) is 87.0 Å². The second-order valence-electron chi connectivity index (χ2n) is 9.44. The second kappa shape index (κ2) is 13.8. The van der Waals surface area contributed by atoms with Crippen LogP contribution >= 0.6 is 0 Å². The lowest BCUT2D eigenvalue weighted by molar-refractivity contribution is -0.147. The lowest BCUT2D eigenvalue weighted by Crippen LogP contribution is -2.20. The van der Waals surface area contributed by atoms with E-state index in [4.69, 9.17) is 4.74 Å². The van der Waals surface area contributed by atoms with Crippen molar-refractivity contribution in [3.8, 4) is 0 Å². The number of carbonyl (C=O) groups excluding carboxylic acids is 1. The molecule has 5 nitrogen and oxygen atoms in total. The molecule has 8 heteroatoms. The zero-order valence-electron chi connectivity index (χ0n) is 20.3. The second-order valence-corrected chi connectivity index (χ2v) is 9.44. The summed E-state index contributed by atoms with van der Waals surface area (Å²) in [4.78, 5) is 11.5. The number of alkyl halides is 3. The molecule has 3 N–H and O–H groups in total. The molecule has 0 spiro atoms. The molecule has 35 heavy (non-hydrogen) atoms. The van der Waals surface area contributed by atoms with Crippen LogP contribution in [0, 0.1) is 11.8 Å². The highest BCUT2D eigenvalue weighted by Crippen LogP contribution is 2.36. The number of benzene rings is 1. The van der Waals surface area contributed by atoms with Crippen LogP contribution in [0.1, 0.15) is 63.5 Å². The van der Waals surface area contributed by atoms with Gasteiger partial charge in [-0.2, -0.15) is 13.2 Å². The number of halogens is 3. The molecule has 1 saturated carbocycles. The summed E-state index contributed by atoms with van der Waals surface area (Å²) in [5.74, 6) is -0.716. The third-order valence-corrected chi connectivity index (χ3v) is 6.18. The maximum Gasteiger partial charge on any atom is 0.416 e. The largest absolute Gasteiger partial charge is 0.463 e. The molecule has 0 heterocycles. The smallest absolute Gasteiger partial charge is 0.416 e. The maximum atomic E-state index is 12.7. The summed E-state index contributed by atoms with van der Waals surface area (Å²) in [5, 5.41) is 31.0. The molecule has 2 rings (SSSR count). The molecule has 0 aliphatic heterocycles. The van der Waals surface area contributed by atoms with Crippen molar-refractivity contribution >= 4 is 5.97 Å². The number of hydrogen-bond donors (Lipinski definition) is 3. The third-order valence-electron chi connectivity index (χ3n) is 6.18. The first-order chi connectivity index (χ1) is 16.5. The van der Waals surface area contributed by atoms with E-state index in [1.165, 1.54) is 12.1 Å². The molecule has 3 unspecified atom stereocenters. The van der Waals surface area contributed by atoms with Crippen molar-refractivity contribution in [1.29, 1.82) is 0 Å². The molecule has 1 fully saturated rings. The minimum Gasteiger partial charge on any atom is -0.463 e. The predicted molar refractivity (Wildman–Crippen MR) is 127 cm³/mol. The van der Waals surface area contributed by atoms with Crippen molar-refractivity contribution in [2.24, 2.45) is 11.8 Å². The lowest BCUT2D eigenvalue weighted by atomic mass is 9.89. The summed E-state index contributed by atoms with van der Waals surface area (Å²) >= 11 is 0. The van der Waals surface area contributed by atoms with E-state index < -0.39 is 30.1 Å². The number of allylic oxidation sites excluding steroid dienone is 2. The van der Waals surface area contributed by atoms with Gasteiger partial charge in [-0.3, -0.25) is 4.79 Å². The van der Waals surface area contributed by atoms with Gasteiger partial charge in [0, 0.05) is 18.8 Å². The SMILES string of the molecule is CC(C)OC(=O)CCCC=CC[C@H]1C(O)CC(O)[C@@H]1C=CC(O)CCc1ccc(C(F)(F)F)cc1. The van der Waals surface area contributed by atoms with Crippen molar-refractivity contribution in [2.75, 3.05) is 0 Å². The average Bonchev–Trinajstić information content (AvgIpc) is 3.04. The van der Waals surface area contributed by atoms with E-state index in [2.05, 4.69) is 0 Å². The summed E-state index contributed by atoms with van der Waals surface area (Å²) < 4.78 is 43.1. The van der Waals surface area contributed by atoms with Crippen molar-refractivity contribution in [3.05, 3.63) is 59.7 Å². The highest BCUT2D eigenvalue weighted by Gasteiger charge is 2.39. The Labute approximate surface area is 205 Å². The Morgan fingerprint density at radius 1 is 1.14 bits per heavy atom. The molecule has 0 amide bonds. The van der Waals surface area contributed by atoms with Gasteiger partial charge in [0.2, 0.25) is 0 Å². The summed E-state index contributed by atoms with van der Waals surface area (Å²) in [6.45, 7) is 3.62. The Bertz CT molecular complexity index is 832. The van der Waals surface area contributed by atoms with Gasteiger partial charge >= 0.3 is 12.1 Å². The van der Waals surface area contributed by atoms with Gasteiger partial charge in [0.1, 0.15) is 0 Å². The first-order valence-corrected chi connectivity index (χ1v) is 12.2. The third kappa shape index (κ3) is 10.2. The van der Waals surface area contributed by atoms with Crippen LogP contribution < -0.4 is 0 Å². The fraction of sp³-hybridized carbons (Fsp3) is 0.593. The van der Waals surface area contributed by atoms with Gasteiger partial charge in [0.15, 0.2) is 0 Å². The van der Waals surface area contributed by atoms with Crippen LogP contribution in [0.2, 0.25) is 0 Å². The van der Waals surface area contributed by atoms with Gasteiger partial charge in [0.25, 0.3) is 0 Å². The fourth-order valence-electron chi connectivity index (χ4n) is 4.29. The maximum absolute atomic E-state index is 12.7. The van der Waals surface area contributed by atoms with E-state index in [9.17, 15) is 33.3 Å². The zero-order valence-corrected chi connectivity index (χ0v) is 20.3. The fourth-order valence-corrected chi connectivity index (χ4v) is 4.29. The molecule has 1 aromatic rings. The van der Waals surface area contributed by atoms with E-state index in [0.29, 0.717) is 44.1 Å². The number of rotatable bonds is 12. The van der Waals surface area contributed by atoms with Crippen LogP contribution in [-0.4, -0.2) is 45.7 Å². The van der Waals surface area contributed by atoms with E-state index in [1.807, 2.05) is 26.0 Å². The Morgan fingerprint density at radius 3 is 2.46 bits per heavy atom. The van der Waals surface area contributed by atoms with Gasteiger partial charge in [0.05, 0.1) is 30.0 Å². The normalized spacial score (nSPS) is 24.0. The Morgan fingerprint density at radius 2 is 1.83 bits per heavy atom. The Hall–Kier alpha value is -2.16. The van der Waals surface area contributed by atoms with E-state index >= 15 is 0 Å². The molecule has 5 atom stereocenters. The average molecular weight is 499 g/mol. The molecule has 1 aliphatic rings. The van der Waals surface area contributed by atoms with Gasteiger partial charge in [-0.25, -0.2) is 0 Å². The van der Waals surface area contributed by atoms with Crippen LogP contribution in [-0.2, 0) is 22.1 Å². The number of ether oxygens (including phenoxy) is 1. The summed E-state index contributed by atoms with van der Waals surface area (Å²) in [6, 6.07) is 4.88. The van der Waals surface area contributed by atoms with Crippen molar-refractivity contribution in [2.45, 2.75) is 89.4 Å². The molecule has 0 saturated heterocycles. The van der Waals surface area contributed by atoms with Crippen molar-refractivity contribution in [3.63, 3.8) is 0 Å². The van der Waals surface area contributed by atoms with Crippen molar-refractivity contribution in [1.82, 2.24) is 0 Å². The first-order valence-electron chi connectivity index (χ1n) is 12.2. The minimum atomic E-state index is -4.37. The lowest BCUT2D eigenvalue weighted by Gasteiger charge is -2.19. The number of aliphatic hydroxyl groups is 3. The van der Waals surface area contributed by atoms with Crippen molar-refractivity contribution < 1.29 is 38.0 Å². The van der Waals surface area contributed by atoms with Crippen LogP contribution in [0.5, 0.6) is 0 Å². The first kappa shape index (κ1) is 29.1. The van der Waals surface area contributed by atoms with E-state index in [-0.39, 0.29) is 30.3 Å². The zero-order chi connectivity index (χ0) is 26.0. The van der Waals surface area contributed by atoms with Crippen LogP contribution in [0.3, 0.4) is 0 Å². The van der Waals surface area contributed by atoms with Gasteiger partial charge in [-0.1, -0.05) is 36.4 Å². The molecule has 0 aromatic heterocycles. The van der Waals surface area contributed by atoms with Crippen LogP contribution in [0.4, 0.5) is 13.2 Å². The standard InChI is InChI=1S/C27H37F3O5/c1-18(2)35-26(34)8-6-4-3-5-7-22-23(25(33)17-24(22)32)16-15-21(31)14-11-19-9-12-20(13-10-19)27(28,29)30/h3,5,9-10,12-13,15-16,18,21-25,31-33H,4,6-8,11,14,17H2,1-2H3/t21?,22-,23-,24?,25?/m1/s1. The number of aryl methyl sites for hydroxylation is 1. The van der Waals surface area contributed by atoms with Gasteiger partial charge in [-0.15, -0.1) is 0 Å². The molecule has 0 bridgehead atoms. The highest BCUT2D eigenvalue weighted by molar-refractivity contribution is 5.69. The number of carbonyl (C=O) groups is 1. The van der Waals surface area contributed by atoms with Crippen LogP contribution in [0.25, 0.3) is 0 Å². The molecule has 1 aromatic carbocycles. The molecular formula is C27H37F3O5. The molecule has 196 valence electrons. The molecule has 0 radical (unpaired) electrons. The van der Waals surface area contributed by atoms with E-state index in [0.717, 1.165) is 12.1 Å².